The van der Waals surface area contributed by atoms with Crippen LogP contribution in [0, 0.1) is 0 Å². The van der Waals surface area contributed by atoms with Gasteiger partial charge in [-0.15, -0.1) is 0 Å². The van der Waals surface area contributed by atoms with Crippen LogP contribution in [0.3, 0.4) is 0 Å². The van der Waals surface area contributed by atoms with E-state index in [0.29, 0.717) is 30.8 Å². The van der Waals surface area contributed by atoms with E-state index in [1.54, 1.807) is 0 Å². The topological polar surface area (TPSA) is 78.1 Å². The number of hydrogen-bond acceptors (Lipinski definition) is 4. The maximum Gasteiger partial charge on any atom is 0.231 e. The molecule has 1 aliphatic heterocycles. The molecule has 3 rings (SSSR count). The molecule has 0 unspecified atom stereocenters. The Morgan fingerprint density at radius 1 is 1.20 bits per heavy atom. The van der Waals surface area contributed by atoms with Gasteiger partial charge in [-0.3, -0.25) is 0 Å². The van der Waals surface area contributed by atoms with Crippen molar-refractivity contribution in [3.8, 4) is 17.2 Å². The number of fused-ring (bicyclic) bond motifs is 1. The van der Waals surface area contributed by atoms with Gasteiger partial charge < -0.3 is 25.3 Å². The molecule has 6 heteroatoms. The van der Waals surface area contributed by atoms with E-state index in [-0.39, 0.29) is 6.79 Å². The molecule has 6 nitrogen and oxygen atoms in total. The molecule has 0 spiro atoms. The van der Waals surface area contributed by atoms with E-state index in [0.717, 1.165) is 17.2 Å². The molecule has 0 aromatic heterocycles. The van der Waals surface area contributed by atoms with Crippen LogP contribution < -0.4 is 25.3 Å². The first kappa shape index (κ1) is 17.0. The first-order valence-corrected chi connectivity index (χ1v) is 8.31. The van der Waals surface area contributed by atoms with Crippen LogP contribution in [-0.2, 0) is 0 Å². The van der Waals surface area contributed by atoms with Gasteiger partial charge in [0.05, 0.1) is 6.54 Å². The number of ether oxygens (including phenoxy) is 3. The van der Waals surface area contributed by atoms with Crippen LogP contribution in [-0.4, -0.2) is 25.9 Å². The van der Waals surface area contributed by atoms with Crippen LogP contribution in [0.5, 0.6) is 17.2 Å². The number of guanidine groups is 1. The Morgan fingerprint density at radius 2 is 2.04 bits per heavy atom. The molecule has 2 aromatic carbocycles. The number of benzene rings is 2. The molecule has 0 saturated carbocycles. The van der Waals surface area contributed by atoms with E-state index in [4.69, 9.17) is 19.9 Å². The zero-order valence-electron chi connectivity index (χ0n) is 14.5. The normalized spacial score (nSPS) is 13.2. The summed E-state index contributed by atoms with van der Waals surface area (Å²) in [6.45, 7) is 5.45. The summed E-state index contributed by atoms with van der Waals surface area (Å²) in [5.74, 6) is 3.00. The van der Waals surface area contributed by atoms with Gasteiger partial charge in [-0.2, -0.15) is 0 Å². The molecule has 25 heavy (non-hydrogen) atoms. The fourth-order valence-corrected chi connectivity index (χ4v) is 2.46. The number of nitrogens with two attached hydrogens (primary N) is 1. The fourth-order valence-electron chi connectivity index (χ4n) is 2.46. The van der Waals surface area contributed by atoms with Crippen LogP contribution in [0.1, 0.15) is 25.3 Å². The Kier molecular flexibility index (Phi) is 5.28. The zero-order valence-corrected chi connectivity index (χ0v) is 14.5. The maximum atomic E-state index is 5.93. The van der Waals surface area contributed by atoms with E-state index < -0.39 is 0 Å². The van der Waals surface area contributed by atoms with Crippen LogP contribution in [0.4, 0.5) is 5.69 Å². The highest BCUT2D eigenvalue weighted by Crippen LogP contribution is 2.34. The number of rotatable bonds is 6. The number of nitrogens with one attached hydrogen (secondary N) is 1. The molecule has 0 fully saturated rings. The maximum absolute atomic E-state index is 5.93. The van der Waals surface area contributed by atoms with Gasteiger partial charge in [0.1, 0.15) is 12.4 Å². The standard InChI is InChI=1S/C19H23N3O3/c1-13(2)14-4-3-5-15(10-14)22-19(20)21-8-9-23-16-6-7-17-18(11-16)25-12-24-17/h3-7,10-11,13H,8-9,12H2,1-2H3,(H3,20,21,22). The Morgan fingerprint density at radius 3 is 2.88 bits per heavy atom. The van der Waals surface area contributed by atoms with Gasteiger partial charge in [0.2, 0.25) is 6.79 Å². The van der Waals surface area contributed by atoms with Gasteiger partial charge in [0, 0.05) is 11.8 Å². The lowest BCUT2D eigenvalue weighted by atomic mass is 10.0. The smallest absolute Gasteiger partial charge is 0.231 e. The molecular weight excluding hydrogens is 318 g/mol. The van der Waals surface area contributed by atoms with Crippen LogP contribution in [0.25, 0.3) is 0 Å². The molecule has 0 bridgehead atoms. The first-order chi connectivity index (χ1) is 12.1. The molecular formula is C19H23N3O3. The zero-order chi connectivity index (χ0) is 17.6. The van der Waals surface area contributed by atoms with Crippen LogP contribution >= 0.6 is 0 Å². The summed E-state index contributed by atoms with van der Waals surface area (Å²) < 4.78 is 16.2. The predicted molar refractivity (Wildman–Crippen MR) is 98.7 cm³/mol. The number of aliphatic imine (C=N–C) groups is 1. The molecule has 0 atom stereocenters. The second kappa shape index (κ2) is 7.79. The summed E-state index contributed by atoms with van der Waals surface area (Å²) >= 11 is 0. The van der Waals surface area contributed by atoms with Crippen molar-refractivity contribution in [3.05, 3.63) is 48.0 Å². The molecule has 1 aliphatic rings. The third-order valence-corrected chi connectivity index (χ3v) is 3.81. The third kappa shape index (κ3) is 4.56. The van der Waals surface area contributed by atoms with Crippen molar-refractivity contribution in [2.75, 3.05) is 25.3 Å². The lowest BCUT2D eigenvalue weighted by Crippen LogP contribution is -2.23. The van der Waals surface area contributed by atoms with Crippen LogP contribution in [0.15, 0.2) is 47.5 Å². The van der Waals surface area contributed by atoms with Gasteiger partial charge in [0.15, 0.2) is 17.5 Å². The predicted octanol–water partition coefficient (Wildman–Crippen LogP) is 3.34. The van der Waals surface area contributed by atoms with Crippen molar-refractivity contribution in [1.82, 2.24) is 0 Å². The molecule has 1 heterocycles. The Labute approximate surface area is 147 Å². The van der Waals surface area contributed by atoms with E-state index in [9.17, 15) is 0 Å². The highest BCUT2D eigenvalue weighted by atomic mass is 16.7. The minimum atomic E-state index is 0.253. The second-order valence-corrected chi connectivity index (χ2v) is 6.04. The van der Waals surface area contributed by atoms with Gasteiger partial charge in [-0.25, -0.2) is 4.99 Å². The number of hydrogen-bond donors (Lipinski definition) is 2. The lowest BCUT2D eigenvalue weighted by Gasteiger charge is -2.10. The van der Waals surface area contributed by atoms with Crippen molar-refractivity contribution in [3.63, 3.8) is 0 Å². The summed E-state index contributed by atoms with van der Waals surface area (Å²) in [5.41, 5.74) is 8.12. The van der Waals surface area contributed by atoms with Gasteiger partial charge in [-0.1, -0.05) is 26.0 Å². The van der Waals surface area contributed by atoms with Gasteiger partial charge in [-0.05, 0) is 35.7 Å². The Hall–Kier alpha value is -2.89. The summed E-state index contributed by atoms with van der Waals surface area (Å²) in [6, 6.07) is 13.6. The minimum absolute atomic E-state index is 0.253. The fraction of sp³-hybridized carbons (Fsp3) is 0.316. The summed E-state index contributed by atoms with van der Waals surface area (Å²) in [6.07, 6.45) is 0. The highest BCUT2D eigenvalue weighted by molar-refractivity contribution is 5.92. The number of nitrogens with zero attached hydrogens (tertiary/aromatic N) is 1. The van der Waals surface area contributed by atoms with Crippen molar-refractivity contribution >= 4 is 11.6 Å². The van der Waals surface area contributed by atoms with Crippen molar-refractivity contribution in [2.45, 2.75) is 19.8 Å². The van der Waals surface area contributed by atoms with E-state index in [1.165, 1.54) is 5.56 Å². The van der Waals surface area contributed by atoms with Crippen molar-refractivity contribution < 1.29 is 14.2 Å². The van der Waals surface area contributed by atoms with Crippen LogP contribution in [0.2, 0.25) is 0 Å². The minimum Gasteiger partial charge on any atom is -0.492 e. The molecule has 0 radical (unpaired) electrons. The summed E-state index contributed by atoms with van der Waals surface area (Å²) in [5, 5.41) is 3.11. The average Bonchev–Trinajstić information content (AvgIpc) is 3.06. The SMILES string of the molecule is CC(C)c1cccc(NC(N)=NCCOc2ccc3c(c2)OCO3)c1. The van der Waals surface area contributed by atoms with E-state index >= 15 is 0 Å². The van der Waals surface area contributed by atoms with Gasteiger partial charge in [0.25, 0.3) is 0 Å². The van der Waals surface area contributed by atoms with Gasteiger partial charge >= 0.3 is 0 Å². The second-order valence-electron chi connectivity index (χ2n) is 6.04. The first-order valence-electron chi connectivity index (χ1n) is 8.31. The molecule has 0 aliphatic carbocycles. The van der Waals surface area contributed by atoms with Crippen molar-refractivity contribution in [1.29, 1.82) is 0 Å². The number of anilines is 1. The third-order valence-electron chi connectivity index (χ3n) is 3.81. The molecule has 3 N–H and O–H groups in total. The molecule has 0 amide bonds. The summed E-state index contributed by atoms with van der Waals surface area (Å²) in [4.78, 5) is 4.28. The lowest BCUT2D eigenvalue weighted by molar-refractivity contribution is 0.174. The van der Waals surface area contributed by atoms with E-state index in [1.807, 2.05) is 30.3 Å². The summed E-state index contributed by atoms with van der Waals surface area (Å²) in [7, 11) is 0. The monoisotopic (exact) mass is 341 g/mol. The van der Waals surface area contributed by atoms with E-state index in [2.05, 4.69) is 36.3 Å². The molecule has 132 valence electrons. The largest absolute Gasteiger partial charge is 0.492 e. The highest BCUT2D eigenvalue weighted by Gasteiger charge is 2.13. The Balaban J connectivity index is 1.48. The molecule has 0 saturated heterocycles. The van der Waals surface area contributed by atoms with Crippen molar-refractivity contribution in [2.24, 2.45) is 10.7 Å². The average molecular weight is 341 g/mol. The quantitative estimate of drug-likeness (QED) is 0.479. The Bertz CT molecular complexity index is 759. The molecule has 2 aromatic rings.